The number of pyridine rings is 1. The molecule has 0 fully saturated rings. The molecule has 0 atom stereocenters. The summed E-state index contributed by atoms with van der Waals surface area (Å²) in [5.74, 6) is -1.15. The number of carbonyl (C=O) groups is 1. The highest BCUT2D eigenvalue weighted by Gasteiger charge is 2.20. The molecule has 0 spiro atoms. The number of nitrogens with two attached hydrogens (primary N) is 1. The van der Waals surface area contributed by atoms with Crippen LogP contribution in [0.4, 0.5) is 14.5 Å². The van der Waals surface area contributed by atoms with E-state index < -0.39 is 24.4 Å². The van der Waals surface area contributed by atoms with Gasteiger partial charge in [-0.25, -0.2) is 13.8 Å². The molecule has 15 heavy (non-hydrogen) atoms. The maximum atomic E-state index is 12.5. The molecular formula is C8H7BrF2N2O2. The van der Waals surface area contributed by atoms with Crippen molar-refractivity contribution in [3.8, 4) is 0 Å². The number of aromatic nitrogens is 1. The van der Waals surface area contributed by atoms with E-state index in [4.69, 9.17) is 10.8 Å². The molecule has 0 unspecified atom stereocenters. The summed E-state index contributed by atoms with van der Waals surface area (Å²) in [7, 11) is 0. The second kappa shape index (κ2) is 4.52. The first-order chi connectivity index (χ1) is 6.93. The lowest BCUT2D eigenvalue weighted by molar-refractivity contribution is -0.136. The fourth-order valence-corrected chi connectivity index (χ4v) is 1.56. The Labute approximate surface area is 92.2 Å². The standard InChI is InChI=1S/C8H7BrF2N2O2/c9-7-5(8(10)11)6(12)3(2-13-7)1-4(14)15/h2,8H,1H2,(H2,12,13)(H,14,15). The normalized spacial score (nSPS) is 10.7. The van der Waals surface area contributed by atoms with Crippen molar-refractivity contribution in [1.82, 2.24) is 4.98 Å². The summed E-state index contributed by atoms with van der Waals surface area (Å²) in [5.41, 5.74) is 4.81. The third-order valence-electron chi connectivity index (χ3n) is 1.75. The first kappa shape index (κ1) is 11.8. The Kier molecular flexibility index (Phi) is 3.57. The number of aliphatic carboxylic acids is 1. The summed E-state index contributed by atoms with van der Waals surface area (Å²) >= 11 is 2.83. The van der Waals surface area contributed by atoms with Crippen LogP contribution in [-0.4, -0.2) is 16.1 Å². The van der Waals surface area contributed by atoms with Crippen molar-refractivity contribution in [2.24, 2.45) is 0 Å². The van der Waals surface area contributed by atoms with Crippen LogP contribution in [0.5, 0.6) is 0 Å². The zero-order valence-electron chi connectivity index (χ0n) is 7.38. The van der Waals surface area contributed by atoms with Crippen LogP contribution in [0.1, 0.15) is 17.6 Å². The van der Waals surface area contributed by atoms with Gasteiger partial charge in [-0.05, 0) is 15.9 Å². The van der Waals surface area contributed by atoms with Crippen LogP contribution in [0.3, 0.4) is 0 Å². The minimum absolute atomic E-state index is 0.0656. The van der Waals surface area contributed by atoms with Crippen molar-refractivity contribution in [2.45, 2.75) is 12.8 Å². The van der Waals surface area contributed by atoms with Crippen molar-refractivity contribution < 1.29 is 18.7 Å². The second-order valence-electron chi connectivity index (χ2n) is 2.77. The molecule has 1 heterocycles. The minimum atomic E-state index is -2.79. The van der Waals surface area contributed by atoms with Gasteiger partial charge in [0.15, 0.2) is 0 Å². The highest BCUT2D eigenvalue weighted by molar-refractivity contribution is 9.10. The smallest absolute Gasteiger partial charge is 0.307 e. The highest BCUT2D eigenvalue weighted by atomic mass is 79.9. The summed E-state index contributed by atoms with van der Waals surface area (Å²) in [6.07, 6.45) is -2.05. The first-order valence-electron chi connectivity index (χ1n) is 3.86. The second-order valence-corrected chi connectivity index (χ2v) is 3.52. The number of nitrogens with zero attached hydrogens (tertiary/aromatic N) is 1. The van der Waals surface area contributed by atoms with Gasteiger partial charge in [0.05, 0.1) is 12.0 Å². The average molecular weight is 281 g/mol. The Morgan fingerprint density at radius 1 is 1.67 bits per heavy atom. The van der Waals surface area contributed by atoms with Gasteiger partial charge in [-0.1, -0.05) is 0 Å². The molecule has 0 saturated carbocycles. The quantitative estimate of drug-likeness (QED) is 0.831. The number of nitrogen functional groups attached to an aromatic ring is 1. The number of rotatable bonds is 3. The summed E-state index contributed by atoms with van der Waals surface area (Å²) in [6.45, 7) is 0. The first-order valence-corrected chi connectivity index (χ1v) is 4.65. The lowest BCUT2D eigenvalue weighted by Gasteiger charge is -2.10. The minimum Gasteiger partial charge on any atom is -0.481 e. The molecule has 0 bridgehead atoms. The van der Waals surface area contributed by atoms with Crippen LogP contribution in [0, 0.1) is 0 Å². The Morgan fingerprint density at radius 3 is 2.73 bits per heavy atom. The zero-order chi connectivity index (χ0) is 11.6. The van der Waals surface area contributed by atoms with Crippen molar-refractivity contribution in [1.29, 1.82) is 0 Å². The molecule has 0 aliphatic heterocycles. The van der Waals surface area contributed by atoms with Crippen molar-refractivity contribution >= 4 is 27.6 Å². The molecule has 0 aromatic carbocycles. The fraction of sp³-hybridized carbons (Fsp3) is 0.250. The molecule has 1 aromatic heterocycles. The Bertz CT molecular complexity index is 398. The number of hydrogen-bond donors (Lipinski definition) is 2. The zero-order valence-corrected chi connectivity index (χ0v) is 8.96. The van der Waals surface area contributed by atoms with Crippen LogP contribution in [0.25, 0.3) is 0 Å². The van der Waals surface area contributed by atoms with Crippen molar-refractivity contribution in [2.75, 3.05) is 5.73 Å². The Balaban J connectivity index is 3.22. The molecule has 0 aliphatic carbocycles. The number of alkyl halides is 2. The average Bonchev–Trinajstić information content (AvgIpc) is 2.09. The number of halogens is 3. The van der Waals surface area contributed by atoms with Gasteiger partial charge in [0.2, 0.25) is 0 Å². The number of hydrogen-bond acceptors (Lipinski definition) is 3. The van der Waals surface area contributed by atoms with Crippen LogP contribution in [-0.2, 0) is 11.2 Å². The largest absolute Gasteiger partial charge is 0.481 e. The molecule has 0 amide bonds. The molecule has 0 aliphatic rings. The molecule has 82 valence electrons. The van der Waals surface area contributed by atoms with Gasteiger partial charge in [0.25, 0.3) is 6.43 Å². The number of carboxylic acids is 1. The van der Waals surface area contributed by atoms with Gasteiger partial charge in [0.1, 0.15) is 4.60 Å². The molecule has 4 nitrogen and oxygen atoms in total. The van der Waals surface area contributed by atoms with E-state index in [2.05, 4.69) is 20.9 Å². The van der Waals surface area contributed by atoms with Gasteiger partial charge >= 0.3 is 5.97 Å². The molecule has 1 aromatic rings. The van der Waals surface area contributed by atoms with E-state index in [9.17, 15) is 13.6 Å². The van der Waals surface area contributed by atoms with Gasteiger partial charge in [0, 0.05) is 17.4 Å². The number of anilines is 1. The third-order valence-corrected chi connectivity index (χ3v) is 2.38. The molecule has 1 rings (SSSR count). The summed E-state index contributed by atoms with van der Waals surface area (Å²) in [6, 6.07) is 0. The number of carboxylic acid groups (broad SMARTS) is 1. The molecule has 0 saturated heterocycles. The summed E-state index contributed by atoms with van der Waals surface area (Å²) < 4.78 is 25.0. The van der Waals surface area contributed by atoms with Crippen molar-refractivity contribution in [3.05, 3.63) is 21.9 Å². The van der Waals surface area contributed by atoms with E-state index >= 15 is 0 Å². The van der Waals surface area contributed by atoms with E-state index in [0.29, 0.717) is 0 Å². The Morgan fingerprint density at radius 2 is 2.27 bits per heavy atom. The van der Waals surface area contributed by atoms with Crippen LogP contribution >= 0.6 is 15.9 Å². The molecule has 7 heteroatoms. The van der Waals surface area contributed by atoms with Crippen LogP contribution < -0.4 is 5.73 Å². The SMILES string of the molecule is Nc1c(CC(=O)O)cnc(Br)c1C(F)F. The highest BCUT2D eigenvalue weighted by Crippen LogP contribution is 2.32. The van der Waals surface area contributed by atoms with Crippen LogP contribution in [0.15, 0.2) is 10.8 Å². The predicted octanol–water partition coefficient (Wildman–Crippen LogP) is 1.99. The monoisotopic (exact) mass is 280 g/mol. The maximum absolute atomic E-state index is 12.5. The van der Waals surface area contributed by atoms with Gasteiger partial charge in [-0.3, -0.25) is 4.79 Å². The van der Waals surface area contributed by atoms with Gasteiger partial charge in [-0.15, -0.1) is 0 Å². The van der Waals surface area contributed by atoms with E-state index in [0.717, 1.165) is 0 Å². The molecule has 0 radical (unpaired) electrons. The lowest BCUT2D eigenvalue weighted by Crippen LogP contribution is -2.08. The van der Waals surface area contributed by atoms with E-state index in [-0.39, 0.29) is 15.9 Å². The Hall–Kier alpha value is -1.24. The fourth-order valence-electron chi connectivity index (χ4n) is 1.07. The maximum Gasteiger partial charge on any atom is 0.307 e. The van der Waals surface area contributed by atoms with E-state index in [1.807, 2.05) is 0 Å². The topological polar surface area (TPSA) is 76.2 Å². The van der Waals surface area contributed by atoms with Gasteiger partial charge < -0.3 is 10.8 Å². The van der Waals surface area contributed by atoms with Gasteiger partial charge in [-0.2, -0.15) is 0 Å². The molecule has 3 N–H and O–H groups in total. The summed E-state index contributed by atoms with van der Waals surface area (Å²) in [5, 5.41) is 8.51. The molecular weight excluding hydrogens is 274 g/mol. The van der Waals surface area contributed by atoms with E-state index in [1.54, 1.807) is 0 Å². The third kappa shape index (κ3) is 2.62. The lowest BCUT2D eigenvalue weighted by atomic mass is 10.1. The summed E-state index contributed by atoms with van der Waals surface area (Å²) in [4.78, 5) is 14.0. The van der Waals surface area contributed by atoms with Crippen LogP contribution in [0.2, 0.25) is 0 Å². The van der Waals surface area contributed by atoms with Crippen molar-refractivity contribution in [3.63, 3.8) is 0 Å². The predicted molar refractivity (Wildman–Crippen MR) is 52.6 cm³/mol. The van der Waals surface area contributed by atoms with E-state index in [1.165, 1.54) is 6.20 Å².